The number of benzene rings is 1. The van der Waals surface area contributed by atoms with Crippen LogP contribution < -0.4 is 11.1 Å². The van der Waals surface area contributed by atoms with Gasteiger partial charge in [-0.15, -0.1) is 0 Å². The summed E-state index contributed by atoms with van der Waals surface area (Å²) in [5.74, 6) is -0.495. The zero-order valence-corrected chi connectivity index (χ0v) is 14.1. The van der Waals surface area contributed by atoms with Gasteiger partial charge in [-0.05, 0) is 13.0 Å². The molecule has 10 heteroatoms. The number of nitrogens with zero attached hydrogens (tertiary/aromatic N) is 5. The minimum atomic E-state index is -2.97. The average molecular weight is 364 g/mol. The Morgan fingerprint density at radius 1 is 1.19 bits per heavy atom. The zero-order chi connectivity index (χ0) is 18.8. The Kier molecular flexibility index (Phi) is 4.85. The lowest BCUT2D eigenvalue weighted by Gasteiger charge is -2.14. The quantitative estimate of drug-likeness (QED) is 0.725. The Bertz CT molecular complexity index is 924. The van der Waals surface area contributed by atoms with Crippen molar-refractivity contribution in [1.82, 2.24) is 24.7 Å². The Morgan fingerprint density at radius 3 is 2.58 bits per heavy atom. The van der Waals surface area contributed by atoms with E-state index in [1.165, 1.54) is 18.5 Å². The van der Waals surface area contributed by atoms with E-state index in [2.05, 4.69) is 31.1 Å². The maximum absolute atomic E-state index is 14.7. The summed E-state index contributed by atoms with van der Waals surface area (Å²) in [6, 6.07) is 4.01. The van der Waals surface area contributed by atoms with E-state index in [0.29, 0.717) is 5.82 Å². The molecule has 2 aromatic heterocycles. The number of quaternary nitrogens is 1. The van der Waals surface area contributed by atoms with Gasteiger partial charge >= 0.3 is 0 Å². The van der Waals surface area contributed by atoms with Crippen LogP contribution in [0.5, 0.6) is 0 Å². The minimum Gasteiger partial charge on any atom is -0.352 e. The van der Waals surface area contributed by atoms with E-state index < -0.39 is 23.8 Å². The number of nitrogens with one attached hydrogen (secondary N) is 1. The van der Waals surface area contributed by atoms with E-state index in [9.17, 15) is 13.2 Å². The van der Waals surface area contributed by atoms with Gasteiger partial charge in [0.1, 0.15) is 18.2 Å². The van der Waals surface area contributed by atoms with Crippen molar-refractivity contribution in [3.63, 3.8) is 0 Å². The van der Waals surface area contributed by atoms with Crippen LogP contribution in [0.25, 0.3) is 11.4 Å². The molecule has 0 amide bonds. The number of alkyl halides is 2. The Hall–Kier alpha value is -3.01. The first-order valence-corrected chi connectivity index (χ1v) is 7.76. The van der Waals surface area contributed by atoms with Gasteiger partial charge in [0.25, 0.3) is 6.43 Å². The summed E-state index contributed by atoms with van der Waals surface area (Å²) < 4.78 is 43.1. The van der Waals surface area contributed by atoms with E-state index in [4.69, 9.17) is 0 Å². The van der Waals surface area contributed by atoms with Gasteiger partial charge in [-0.3, -0.25) is 4.68 Å². The summed E-state index contributed by atoms with van der Waals surface area (Å²) in [6.45, 7) is 1.62. The average Bonchev–Trinajstić information content (AvgIpc) is 2.99. The first-order chi connectivity index (χ1) is 12.4. The molecule has 0 fully saturated rings. The first kappa shape index (κ1) is 17.8. The number of aryl methyl sites for hydroxylation is 1. The fourth-order valence-electron chi connectivity index (χ4n) is 2.51. The molecule has 0 aliphatic heterocycles. The Labute approximate surface area is 147 Å². The van der Waals surface area contributed by atoms with E-state index in [1.807, 2.05) is 0 Å². The van der Waals surface area contributed by atoms with Gasteiger partial charge in [0.05, 0.1) is 11.1 Å². The molecule has 0 saturated heterocycles. The molecular weight excluding hydrogens is 347 g/mol. The third kappa shape index (κ3) is 3.49. The molecule has 0 radical (unpaired) electrons. The van der Waals surface area contributed by atoms with Crippen LogP contribution in [0.15, 0.2) is 30.7 Å². The summed E-state index contributed by atoms with van der Waals surface area (Å²) in [5.41, 5.74) is 3.05. The minimum absolute atomic E-state index is 0.0545. The number of halogens is 3. The Morgan fingerprint density at radius 2 is 1.96 bits per heavy atom. The second kappa shape index (κ2) is 7.08. The van der Waals surface area contributed by atoms with Gasteiger partial charge in [-0.1, -0.05) is 6.07 Å². The van der Waals surface area contributed by atoms with Crippen LogP contribution in [-0.2, 0) is 7.05 Å². The maximum atomic E-state index is 14.7. The van der Waals surface area contributed by atoms with Crippen molar-refractivity contribution in [1.29, 1.82) is 0 Å². The highest BCUT2D eigenvalue weighted by Crippen LogP contribution is 2.33. The monoisotopic (exact) mass is 364 g/mol. The van der Waals surface area contributed by atoms with Crippen molar-refractivity contribution < 1.29 is 18.9 Å². The number of hydrogen-bond acceptors (Lipinski definition) is 5. The first-order valence-electron chi connectivity index (χ1n) is 7.76. The summed E-state index contributed by atoms with van der Waals surface area (Å²) >= 11 is 0. The third-order valence-corrected chi connectivity index (χ3v) is 3.73. The number of anilines is 2. The van der Waals surface area contributed by atoms with Gasteiger partial charge in [-0.2, -0.15) is 10.1 Å². The topological polar surface area (TPSA) is 96.2 Å². The van der Waals surface area contributed by atoms with Crippen LogP contribution in [0.3, 0.4) is 0 Å². The molecule has 0 aliphatic carbocycles. The van der Waals surface area contributed by atoms with Gasteiger partial charge in [-0.25, -0.2) is 23.1 Å². The number of aromatic nitrogens is 5. The molecule has 0 bridgehead atoms. The smallest absolute Gasteiger partial charge is 0.267 e. The standard InChI is InChI=1S/C16H16F3N7/c1-8(20)9-3-4-10(13(17)12(9)14(18)19)15-21-7-22-16(24-15)23-11-5-6-26(2)25-11/h3-8,14H,20H2,1-2H3,(H,21,22,23,24,25)/p+1/t8-/m1/s1. The summed E-state index contributed by atoms with van der Waals surface area (Å²) in [7, 11) is 1.75. The lowest BCUT2D eigenvalue weighted by molar-refractivity contribution is -0.420. The predicted molar refractivity (Wildman–Crippen MR) is 88.0 cm³/mol. The second-order valence-corrected chi connectivity index (χ2v) is 5.76. The van der Waals surface area contributed by atoms with Crippen LogP contribution in [0.1, 0.15) is 30.5 Å². The van der Waals surface area contributed by atoms with Gasteiger partial charge in [0, 0.05) is 24.9 Å². The second-order valence-electron chi connectivity index (χ2n) is 5.76. The molecule has 2 heterocycles. The molecule has 4 N–H and O–H groups in total. The lowest BCUT2D eigenvalue weighted by Crippen LogP contribution is -2.52. The molecule has 0 spiro atoms. The predicted octanol–water partition coefficient (Wildman–Crippen LogP) is 2.40. The largest absolute Gasteiger partial charge is 0.352 e. The number of hydrogen-bond donors (Lipinski definition) is 2. The highest BCUT2D eigenvalue weighted by Gasteiger charge is 2.25. The Balaban J connectivity index is 2.01. The van der Waals surface area contributed by atoms with Crippen LogP contribution in [-0.4, -0.2) is 24.7 Å². The lowest BCUT2D eigenvalue weighted by atomic mass is 9.98. The molecule has 7 nitrogen and oxygen atoms in total. The molecule has 26 heavy (non-hydrogen) atoms. The third-order valence-electron chi connectivity index (χ3n) is 3.73. The highest BCUT2D eigenvalue weighted by atomic mass is 19.3. The maximum Gasteiger partial charge on any atom is 0.267 e. The summed E-state index contributed by atoms with van der Waals surface area (Å²) in [6.07, 6.45) is -0.0767. The SMILES string of the molecule is C[C@@H]([NH3+])c1ccc(-c2ncnc(Nc3ccn(C)n3)n2)c(F)c1C(F)F. The summed E-state index contributed by atoms with van der Waals surface area (Å²) in [4.78, 5) is 11.9. The fourth-order valence-corrected chi connectivity index (χ4v) is 2.51. The van der Waals surface area contributed by atoms with Crippen molar-refractivity contribution in [3.8, 4) is 11.4 Å². The van der Waals surface area contributed by atoms with Crippen molar-refractivity contribution in [2.24, 2.45) is 7.05 Å². The van der Waals surface area contributed by atoms with Gasteiger partial charge in [0.2, 0.25) is 5.95 Å². The molecule has 1 atom stereocenters. The molecule has 3 aromatic rings. The fraction of sp³-hybridized carbons (Fsp3) is 0.250. The van der Waals surface area contributed by atoms with Crippen LogP contribution in [0.4, 0.5) is 24.9 Å². The van der Waals surface area contributed by atoms with Crippen LogP contribution in [0.2, 0.25) is 0 Å². The van der Waals surface area contributed by atoms with Gasteiger partial charge < -0.3 is 11.1 Å². The normalized spacial score (nSPS) is 12.4. The van der Waals surface area contributed by atoms with Crippen molar-refractivity contribution in [2.75, 3.05) is 5.32 Å². The van der Waals surface area contributed by atoms with Crippen LogP contribution in [0, 0.1) is 5.82 Å². The van der Waals surface area contributed by atoms with Crippen molar-refractivity contribution >= 4 is 11.8 Å². The highest BCUT2D eigenvalue weighted by molar-refractivity contribution is 5.61. The van der Waals surface area contributed by atoms with E-state index in [0.717, 1.165) is 0 Å². The molecule has 1 aromatic carbocycles. The molecule has 0 aliphatic rings. The van der Waals surface area contributed by atoms with E-state index in [-0.39, 0.29) is 22.9 Å². The molecular formula is C16H17F3N7+. The summed E-state index contributed by atoms with van der Waals surface area (Å²) in [5, 5.41) is 6.97. The van der Waals surface area contributed by atoms with Crippen molar-refractivity contribution in [3.05, 3.63) is 47.7 Å². The zero-order valence-electron chi connectivity index (χ0n) is 14.1. The molecule has 0 saturated carbocycles. The van der Waals surface area contributed by atoms with E-state index in [1.54, 1.807) is 30.9 Å². The molecule has 0 unspecified atom stereocenters. The van der Waals surface area contributed by atoms with Crippen LogP contribution >= 0.6 is 0 Å². The molecule has 136 valence electrons. The van der Waals surface area contributed by atoms with Gasteiger partial charge in [0.15, 0.2) is 11.6 Å². The van der Waals surface area contributed by atoms with Crippen molar-refractivity contribution in [2.45, 2.75) is 19.4 Å². The van der Waals surface area contributed by atoms with E-state index >= 15 is 0 Å². The number of rotatable bonds is 5. The molecule has 3 rings (SSSR count).